The van der Waals surface area contributed by atoms with Crippen LogP contribution < -0.4 is 10.1 Å². The molecule has 1 aromatic rings. The normalized spacial score (nSPS) is 17.4. The predicted octanol–water partition coefficient (Wildman–Crippen LogP) is 2.25. The van der Waals surface area contributed by atoms with Gasteiger partial charge in [-0.3, -0.25) is 0 Å². The van der Waals surface area contributed by atoms with Gasteiger partial charge in [-0.05, 0) is 44.0 Å². The molecule has 2 amide bonds. The van der Waals surface area contributed by atoms with E-state index in [1.807, 2.05) is 0 Å². The van der Waals surface area contributed by atoms with Crippen molar-refractivity contribution in [1.82, 2.24) is 4.90 Å². The van der Waals surface area contributed by atoms with Crippen molar-refractivity contribution >= 4 is 17.7 Å². The minimum Gasteiger partial charge on any atom is -0.497 e. The topological polar surface area (TPSA) is 67.9 Å². The number of ether oxygens (including phenoxy) is 2. The average Bonchev–Trinajstić information content (AvgIpc) is 2.98. The van der Waals surface area contributed by atoms with Gasteiger partial charge in [-0.15, -0.1) is 0 Å². The van der Waals surface area contributed by atoms with Crippen LogP contribution in [0.2, 0.25) is 0 Å². The number of rotatable bonds is 4. The average molecular weight is 292 g/mol. The van der Waals surface area contributed by atoms with Crippen LogP contribution >= 0.6 is 0 Å². The second kappa shape index (κ2) is 6.97. The molecule has 2 rings (SSSR count). The second-order valence-corrected chi connectivity index (χ2v) is 4.76. The number of methoxy groups -OCH3 is 1. The Balaban J connectivity index is 1.99. The number of benzene rings is 1. The molecule has 0 aliphatic carbocycles. The number of hydrogen-bond donors (Lipinski definition) is 1. The number of amides is 2. The number of esters is 1. The highest BCUT2D eigenvalue weighted by Gasteiger charge is 2.35. The molecule has 0 saturated carbocycles. The Kier molecular flexibility index (Phi) is 5.03. The first-order valence-electron chi connectivity index (χ1n) is 7.04. The first-order chi connectivity index (χ1) is 10.2. The molecule has 6 heteroatoms. The molecule has 0 aromatic heterocycles. The highest BCUT2D eigenvalue weighted by molar-refractivity contribution is 5.93. The maximum Gasteiger partial charge on any atom is 0.328 e. The Morgan fingerprint density at radius 2 is 2.05 bits per heavy atom. The van der Waals surface area contributed by atoms with Gasteiger partial charge in [0.15, 0.2) is 0 Å². The second-order valence-electron chi connectivity index (χ2n) is 4.76. The van der Waals surface area contributed by atoms with Crippen LogP contribution in [0.4, 0.5) is 10.5 Å². The van der Waals surface area contributed by atoms with E-state index in [-0.39, 0.29) is 12.0 Å². The Bertz CT molecular complexity index is 501. The molecule has 1 atom stereocenters. The van der Waals surface area contributed by atoms with E-state index in [0.717, 1.165) is 12.2 Å². The summed E-state index contributed by atoms with van der Waals surface area (Å²) in [6.07, 6.45) is 1.45. The summed E-state index contributed by atoms with van der Waals surface area (Å²) in [5.41, 5.74) is 0.662. The summed E-state index contributed by atoms with van der Waals surface area (Å²) in [5, 5.41) is 2.79. The van der Waals surface area contributed by atoms with Crippen molar-refractivity contribution in [3.63, 3.8) is 0 Å². The molecule has 0 spiro atoms. The zero-order chi connectivity index (χ0) is 15.2. The highest BCUT2D eigenvalue weighted by Crippen LogP contribution is 2.21. The summed E-state index contributed by atoms with van der Waals surface area (Å²) in [4.78, 5) is 25.6. The smallest absolute Gasteiger partial charge is 0.328 e. The molecule has 1 N–H and O–H groups in total. The quantitative estimate of drug-likeness (QED) is 0.864. The summed E-state index contributed by atoms with van der Waals surface area (Å²) in [7, 11) is 1.59. The van der Waals surface area contributed by atoms with Crippen molar-refractivity contribution in [2.45, 2.75) is 25.8 Å². The van der Waals surface area contributed by atoms with E-state index in [1.54, 1.807) is 38.3 Å². The summed E-state index contributed by atoms with van der Waals surface area (Å²) in [6, 6.07) is 6.28. The number of carbonyl (C=O) groups excluding carboxylic acids is 2. The van der Waals surface area contributed by atoms with E-state index in [9.17, 15) is 9.59 Å². The Morgan fingerprint density at radius 1 is 1.33 bits per heavy atom. The summed E-state index contributed by atoms with van der Waals surface area (Å²) in [6.45, 7) is 2.64. The van der Waals surface area contributed by atoms with Crippen LogP contribution in [0, 0.1) is 0 Å². The van der Waals surface area contributed by atoms with E-state index in [1.165, 1.54) is 4.90 Å². The molecule has 1 heterocycles. The van der Waals surface area contributed by atoms with Crippen LogP contribution in [0.25, 0.3) is 0 Å². The monoisotopic (exact) mass is 292 g/mol. The van der Waals surface area contributed by atoms with E-state index < -0.39 is 6.04 Å². The highest BCUT2D eigenvalue weighted by atomic mass is 16.5. The van der Waals surface area contributed by atoms with Crippen molar-refractivity contribution < 1.29 is 19.1 Å². The fourth-order valence-electron chi connectivity index (χ4n) is 2.36. The molecule has 114 valence electrons. The predicted molar refractivity (Wildman–Crippen MR) is 78.4 cm³/mol. The fraction of sp³-hybridized carbons (Fsp3) is 0.467. The molecule has 0 radical (unpaired) electrons. The third kappa shape index (κ3) is 3.65. The van der Waals surface area contributed by atoms with Gasteiger partial charge in [0.25, 0.3) is 0 Å². The van der Waals surface area contributed by atoms with Gasteiger partial charge in [0.05, 0.1) is 13.7 Å². The minimum atomic E-state index is -0.483. The van der Waals surface area contributed by atoms with Gasteiger partial charge in [-0.25, -0.2) is 9.59 Å². The summed E-state index contributed by atoms with van der Waals surface area (Å²) in [5.74, 6) is 0.387. The first-order valence-corrected chi connectivity index (χ1v) is 7.04. The largest absolute Gasteiger partial charge is 0.497 e. The van der Waals surface area contributed by atoms with E-state index in [0.29, 0.717) is 25.3 Å². The Labute approximate surface area is 124 Å². The summed E-state index contributed by atoms with van der Waals surface area (Å²) >= 11 is 0. The van der Waals surface area contributed by atoms with Gasteiger partial charge in [-0.1, -0.05) is 0 Å². The molecule has 6 nitrogen and oxygen atoms in total. The van der Waals surface area contributed by atoms with Crippen LogP contribution in [0.5, 0.6) is 5.75 Å². The molecule has 1 aliphatic rings. The van der Waals surface area contributed by atoms with Gasteiger partial charge in [0.1, 0.15) is 11.8 Å². The fourth-order valence-corrected chi connectivity index (χ4v) is 2.36. The van der Waals surface area contributed by atoms with Crippen LogP contribution in [0.15, 0.2) is 24.3 Å². The lowest BCUT2D eigenvalue weighted by molar-refractivity contribution is -0.147. The molecule has 0 bridgehead atoms. The molecular formula is C15H20N2O4. The third-order valence-corrected chi connectivity index (χ3v) is 3.41. The molecule has 1 aliphatic heterocycles. The Hall–Kier alpha value is -2.24. The maximum atomic E-state index is 12.3. The van der Waals surface area contributed by atoms with Gasteiger partial charge in [-0.2, -0.15) is 0 Å². The SMILES string of the molecule is CCOC(=O)C1CCCN1C(=O)Nc1ccc(OC)cc1. The number of carbonyl (C=O) groups is 2. The van der Waals surface area contributed by atoms with Gasteiger partial charge in [0, 0.05) is 12.2 Å². The lowest BCUT2D eigenvalue weighted by Crippen LogP contribution is -2.43. The van der Waals surface area contributed by atoms with Crippen LogP contribution in [0.3, 0.4) is 0 Å². The number of anilines is 1. The molecule has 21 heavy (non-hydrogen) atoms. The van der Waals surface area contributed by atoms with Crippen molar-refractivity contribution in [2.24, 2.45) is 0 Å². The maximum absolute atomic E-state index is 12.3. The van der Waals surface area contributed by atoms with Gasteiger partial charge < -0.3 is 19.7 Å². The molecule has 1 aromatic carbocycles. The molecule has 1 fully saturated rings. The van der Waals surface area contributed by atoms with Gasteiger partial charge in [0.2, 0.25) is 0 Å². The van der Waals surface area contributed by atoms with Crippen LogP contribution in [0.1, 0.15) is 19.8 Å². The minimum absolute atomic E-state index is 0.282. The standard InChI is InChI=1S/C15H20N2O4/c1-3-21-14(18)13-5-4-10-17(13)15(19)16-11-6-8-12(20-2)9-7-11/h6-9,13H,3-5,10H2,1-2H3,(H,16,19). The molecular weight excluding hydrogens is 272 g/mol. The molecule has 1 unspecified atom stereocenters. The zero-order valence-corrected chi connectivity index (χ0v) is 12.3. The molecule has 1 saturated heterocycles. The van der Waals surface area contributed by atoms with E-state index in [4.69, 9.17) is 9.47 Å². The summed E-state index contributed by atoms with van der Waals surface area (Å²) < 4.78 is 10.1. The third-order valence-electron chi connectivity index (χ3n) is 3.41. The number of hydrogen-bond acceptors (Lipinski definition) is 4. The van der Waals surface area contributed by atoms with E-state index in [2.05, 4.69) is 5.32 Å². The van der Waals surface area contributed by atoms with Crippen molar-refractivity contribution in [2.75, 3.05) is 25.6 Å². The zero-order valence-electron chi connectivity index (χ0n) is 12.3. The van der Waals surface area contributed by atoms with E-state index >= 15 is 0 Å². The van der Waals surface area contributed by atoms with Gasteiger partial charge >= 0.3 is 12.0 Å². The van der Waals surface area contributed by atoms with Crippen molar-refractivity contribution in [3.8, 4) is 5.75 Å². The lowest BCUT2D eigenvalue weighted by Gasteiger charge is -2.23. The van der Waals surface area contributed by atoms with Crippen molar-refractivity contribution in [3.05, 3.63) is 24.3 Å². The number of likely N-dealkylation sites (tertiary alicyclic amines) is 1. The number of nitrogens with one attached hydrogen (secondary N) is 1. The van der Waals surface area contributed by atoms with Crippen LogP contribution in [-0.2, 0) is 9.53 Å². The first kappa shape index (κ1) is 15.2. The Morgan fingerprint density at radius 3 is 2.67 bits per heavy atom. The lowest BCUT2D eigenvalue weighted by atomic mass is 10.2. The van der Waals surface area contributed by atoms with Crippen molar-refractivity contribution in [1.29, 1.82) is 0 Å². The number of nitrogens with zero attached hydrogens (tertiary/aromatic N) is 1. The number of urea groups is 1. The van der Waals surface area contributed by atoms with Crippen LogP contribution in [-0.4, -0.2) is 43.2 Å².